The molecule has 0 aliphatic heterocycles. The average Bonchev–Trinajstić information content (AvgIpc) is 3.26. The predicted molar refractivity (Wildman–Crippen MR) is 122 cm³/mol. The van der Waals surface area contributed by atoms with Crippen LogP contribution in [0.1, 0.15) is 5.56 Å². The minimum Gasteiger partial charge on any atom is -0.489 e. The molecule has 0 saturated heterocycles. The third-order valence-corrected chi connectivity index (χ3v) is 5.05. The Balaban J connectivity index is 1.32. The van der Waals surface area contributed by atoms with Crippen molar-refractivity contribution in [2.45, 2.75) is 6.61 Å². The summed E-state index contributed by atoms with van der Waals surface area (Å²) in [5.41, 5.74) is 3.65. The summed E-state index contributed by atoms with van der Waals surface area (Å²) in [5.74, 6) is 1.48. The second kappa shape index (κ2) is 8.45. The van der Waals surface area contributed by atoms with Gasteiger partial charge in [0.15, 0.2) is 5.65 Å². The van der Waals surface area contributed by atoms with Crippen molar-refractivity contribution >= 4 is 34.1 Å². The molecule has 0 amide bonds. The monoisotopic (exact) mass is 427 g/mol. The van der Waals surface area contributed by atoms with Gasteiger partial charge in [0, 0.05) is 10.7 Å². The van der Waals surface area contributed by atoms with Crippen LogP contribution >= 0.6 is 11.6 Å². The normalized spacial score (nSPS) is 10.9. The number of fused-ring (bicyclic) bond motifs is 1. The molecule has 2 heterocycles. The number of ether oxygens (including phenoxy) is 1. The van der Waals surface area contributed by atoms with E-state index in [0.29, 0.717) is 17.4 Å². The Labute approximate surface area is 184 Å². The van der Waals surface area contributed by atoms with Crippen molar-refractivity contribution in [3.8, 4) is 11.4 Å². The van der Waals surface area contributed by atoms with Crippen LogP contribution in [0, 0.1) is 0 Å². The van der Waals surface area contributed by atoms with Crippen LogP contribution in [0.4, 0.5) is 11.5 Å². The molecule has 7 heteroatoms. The second-order valence-corrected chi connectivity index (χ2v) is 7.35. The summed E-state index contributed by atoms with van der Waals surface area (Å²) in [5, 5.41) is 9.39. The summed E-state index contributed by atoms with van der Waals surface area (Å²) >= 11 is 5.92. The highest BCUT2D eigenvalue weighted by Crippen LogP contribution is 2.26. The van der Waals surface area contributed by atoms with Crippen molar-refractivity contribution < 1.29 is 4.74 Å². The second-order valence-electron chi connectivity index (χ2n) is 6.92. The van der Waals surface area contributed by atoms with Gasteiger partial charge in [0.2, 0.25) is 0 Å². The summed E-state index contributed by atoms with van der Waals surface area (Å²) in [6.45, 7) is 0.481. The lowest BCUT2D eigenvalue weighted by atomic mass is 10.2. The maximum atomic E-state index is 5.92. The molecule has 0 aliphatic rings. The van der Waals surface area contributed by atoms with Gasteiger partial charge in [-0.25, -0.2) is 14.6 Å². The quantitative estimate of drug-likeness (QED) is 0.371. The Bertz CT molecular complexity index is 1300. The molecular formula is C24H18ClN5O. The van der Waals surface area contributed by atoms with Gasteiger partial charge < -0.3 is 10.1 Å². The van der Waals surface area contributed by atoms with Gasteiger partial charge in [-0.3, -0.25) is 0 Å². The number of anilines is 2. The number of aromatic nitrogens is 4. The fourth-order valence-corrected chi connectivity index (χ4v) is 3.35. The van der Waals surface area contributed by atoms with E-state index >= 15 is 0 Å². The van der Waals surface area contributed by atoms with Gasteiger partial charge >= 0.3 is 0 Å². The van der Waals surface area contributed by atoms with Gasteiger partial charge in [-0.1, -0.05) is 41.9 Å². The van der Waals surface area contributed by atoms with Gasteiger partial charge in [0.1, 0.15) is 24.5 Å². The molecule has 1 N–H and O–H groups in total. The molecule has 0 atom stereocenters. The summed E-state index contributed by atoms with van der Waals surface area (Å²) in [6, 6.07) is 25.3. The molecule has 5 aromatic rings. The van der Waals surface area contributed by atoms with Gasteiger partial charge in [-0.05, 0) is 54.1 Å². The molecule has 6 nitrogen and oxygen atoms in total. The smallest absolute Gasteiger partial charge is 0.168 e. The van der Waals surface area contributed by atoms with Gasteiger partial charge in [-0.15, -0.1) is 0 Å². The van der Waals surface area contributed by atoms with E-state index in [4.69, 9.17) is 16.3 Å². The molecule has 0 aliphatic carbocycles. The van der Waals surface area contributed by atoms with Crippen LogP contribution in [0.3, 0.4) is 0 Å². The van der Waals surface area contributed by atoms with Crippen molar-refractivity contribution in [1.29, 1.82) is 0 Å². The molecule has 31 heavy (non-hydrogen) atoms. The predicted octanol–water partition coefficient (Wildman–Crippen LogP) is 5.79. The Kier molecular flexibility index (Phi) is 5.21. The number of halogens is 1. The first kappa shape index (κ1) is 19.1. The van der Waals surface area contributed by atoms with E-state index < -0.39 is 0 Å². The van der Waals surface area contributed by atoms with Crippen molar-refractivity contribution in [1.82, 2.24) is 19.7 Å². The Hall–Kier alpha value is -3.90. The minimum atomic E-state index is 0.481. The lowest BCUT2D eigenvalue weighted by Crippen LogP contribution is -1.99. The highest BCUT2D eigenvalue weighted by atomic mass is 35.5. The highest BCUT2D eigenvalue weighted by Gasteiger charge is 2.11. The molecule has 0 bridgehead atoms. The zero-order valence-electron chi connectivity index (χ0n) is 16.4. The van der Waals surface area contributed by atoms with E-state index in [1.807, 2.05) is 78.9 Å². The number of nitrogens with zero attached hydrogens (tertiary/aromatic N) is 4. The highest BCUT2D eigenvalue weighted by molar-refractivity contribution is 6.30. The number of nitrogens with one attached hydrogen (secondary N) is 1. The van der Waals surface area contributed by atoms with Crippen molar-refractivity contribution in [3.05, 3.63) is 102 Å². The molecule has 0 fully saturated rings. The largest absolute Gasteiger partial charge is 0.489 e. The molecule has 0 spiro atoms. The van der Waals surface area contributed by atoms with E-state index in [9.17, 15) is 0 Å². The zero-order valence-corrected chi connectivity index (χ0v) is 17.2. The standard InChI is InChI=1S/C24H18ClN5O/c25-18-8-6-17(7-9-18)15-31-21-12-10-19(11-13-21)29-23-22-14-28-30(24(22)27-16-26-23)20-4-2-1-3-5-20/h1-14,16H,15H2,(H,26,27,29). The summed E-state index contributed by atoms with van der Waals surface area (Å²) in [4.78, 5) is 8.81. The first-order valence-corrected chi connectivity index (χ1v) is 10.1. The van der Waals surface area contributed by atoms with Crippen LogP contribution in [-0.2, 0) is 6.61 Å². The molecule has 0 unspecified atom stereocenters. The van der Waals surface area contributed by atoms with Crippen LogP contribution in [-0.4, -0.2) is 19.7 Å². The van der Waals surface area contributed by atoms with Gasteiger partial charge in [-0.2, -0.15) is 5.10 Å². The van der Waals surface area contributed by atoms with E-state index in [1.54, 1.807) is 10.9 Å². The number of rotatable bonds is 6. The minimum absolute atomic E-state index is 0.481. The zero-order chi connectivity index (χ0) is 21.0. The van der Waals surface area contributed by atoms with Crippen molar-refractivity contribution in [3.63, 3.8) is 0 Å². The maximum absolute atomic E-state index is 5.92. The molecule has 5 rings (SSSR count). The summed E-state index contributed by atoms with van der Waals surface area (Å²) in [6.07, 6.45) is 3.31. The van der Waals surface area contributed by atoms with E-state index in [2.05, 4.69) is 20.4 Å². The molecule has 0 saturated carbocycles. The lowest BCUT2D eigenvalue weighted by molar-refractivity contribution is 0.306. The first-order chi connectivity index (χ1) is 15.3. The lowest BCUT2D eigenvalue weighted by Gasteiger charge is -2.09. The van der Waals surface area contributed by atoms with Crippen LogP contribution in [0.2, 0.25) is 5.02 Å². The number of para-hydroxylation sites is 1. The van der Waals surface area contributed by atoms with Gasteiger partial charge in [0.25, 0.3) is 0 Å². The first-order valence-electron chi connectivity index (χ1n) is 9.75. The number of hydrogen-bond donors (Lipinski definition) is 1. The average molecular weight is 428 g/mol. The molecular weight excluding hydrogens is 410 g/mol. The topological polar surface area (TPSA) is 64.9 Å². The molecule has 0 radical (unpaired) electrons. The van der Waals surface area contributed by atoms with Crippen molar-refractivity contribution in [2.24, 2.45) is 0 Å². The Morgan fingerprint density at radius 1 is 0.871 bits per heavy atom. The van der Waals surface area contributed by atoms with Crippen LogP contribution in [0.25, 0.3) is 16.7 Å². The van der Waals surface area contributed by atoms with Crippen LogP contribution < -0.4 is 10.1 Å². The summed E-state index contributed by atoms with van der Waals surface area (Å²) in [7, 11) is 0. The third kappa shape index (κ3) is 4.20. The van der Waals surface area contributed by atoms with Crippen LogP contribution in [0.5, 0.6) is 5.75 Å². The summed E-state index contributed by atoms with van der Waals surface area (Å²) < 4.78 is 7.65. The SMILES string of the molecule is Clc1ccc(COc2ccc(Nc3ncnc4c3cnn4-c3ccccc3)cc2)cc1. The fourth-order valence-electron chi connectivity index (χ4n) is 3.22. The van der Waals surface area contributed by atoms with Crippen LogP contribution in [0.15, 0.2) is 91.4 Å². The fraction of sp³-hybridized carbons (Fsp3) is 0.0417. The molecule has 3 aromatic carbocycles. The van der Waals surface area contributed by atoms with E-state index in [1.165, 1.54) is 6.33 Å². The van der Waals surface area contributed by atoms with E-state index in [0.717, 1.165) is 33.7 Å². The molecule has 152 valence electrons. The Morgan fingerprint density at radius 3 is 2.42 bits per heavy atom. The maximum Gasteiger partial charge on any atom is 0.168 e. The van der Waals surface area contributed by atoms with Gasteiger partial charge in [0.05, 0.1) is 17.3 Å². The third-order valence-electron chi connectivity index (χ3n) is 4.80. The number of hydrogen-bond acceptors (Lipinski definition) is 5. The molecule has 2 aromatic heterocycles. The van der Waals surface area contributed by atoms with Crippen molar-refractivity contribution in [2.75, 3.05) is 5.32 Å². The Morgan fingerprint density at radius 2 is 1.65 bits per heavy atom. The van der Waals surface area contributed by atoms with E-state index in [-0.39, 0.29) is 0 Å². The number of benzene rings is 3.